The summed E-state index contributed by atoms with van der Waals surface area (Å²) in [6, 6.07) is 58.1. The van der Waals surface area contributed by atoms with E-state index in [-0.39, 0.29) is 5.41 Å². The highest BCUT2D eigenvalue weighted by Gasteiger charge is 2.35. The zero-order valence-corrected chi connectivity index (χ0v) is 34.0. The fourth-order valence-corrected chi connectivity index (χ4v) is 10.6. The van der Waals surface area contributed by atoms with Gasteiger partial charge in [-0.1, -0.05) is 171 Å². The topological polar surface area (TPSA) is 12.4 Å². The van der Waals surface area contributed by atoms with Crippen molar-refractivity contribution >= 4 is 59.8 Å². The van der Waals surface area contributed by atoms with Gasteiger partial charge in [0.1, 0.15) is 0 Å². The lowest BCUT2D eigenvalue weighted by atomic mass is 9.82. The van der Waals surface area contributed by atoms with Crippen LogP contribution in [0.1, 0.15) is 48.9 Å². The third kappa shape index (κ3) is 6.39. The number of hydrogen-bond donors (Lipinski definition) is 0. The normalized spacial score (nSPS) is 13.9. The zero-order valence-electron chi connectivity index (χ0n) is 33.1. The second-order valence-electron chi connectivity index (χ2n) is 16.3. The molecule has 0 unspecified atom stereocenters. The standard InChI is InChI=1S/C28H19NS.C28H26/c1-29-17-20-8-6-12-26-28(20)24-14-13-19(16-27(24)30-26)25-15-18-7-2-3-9-21(18)22-10-4-5-11-23(22)25;1-28(2)26-14-7-6-13-24(26)25-19-23(15-16-27(25)28)22-12-8-11-21(18-22)17-20-9-4-3-5-10-20/h2-16H,1,17H2;3-4,6-9,11-16,18-19H,5,10,17H2,1-2H3. The minimum absolute atomic E-state index is 0.0767. The lowest BCUT2D eigenvalue weighted by molar-refractivity contribution is 0.660. The Morgan fingerprint density at radius 2 is 1.34 bits per heavy atom. The van der Waals surface area contributed by atoms with Gasteiger partial charge in [0.15, 0.2) is 0 Å². The Bertz CT molecular complexity index is 3120. The summed E-state index contributed by atoms with van der Waals surface area (Å²) in [6.45, 7) is 9.02. The molecular weight excluding hydrogens is 719 g/mol. The second-order valence-corrected chi connectivity index (χ2v) is 17.4. The van der Waals surface area contributed by atoms with Crippen LogP contribution in [0.3, 0.4) is 0 Å². The second kappa shape index (κ2) is 14.9. The maximum Gasteiger partial charge on any atom is 0.0639 e. The van der Waals surface area contributed by atoms with Gasteiger partial charge in [0, 0.05) is 25.6 Å². The van der Waals surface area contributed by atoms with Crippen LogP contribution in [0.2, 0.25) is 0 Å². The summed E-state index contributed by atoms with van der Waals surface area (Å²) >= 11 is 1.86. The monoisotopic (exact) mass is 763 g/mol. The Morgan fingerprint density at radius 1 is 0.586 bits per heavy atom. The molecule has 2 aliphatic rings. The number of benzene rings is 8. The minimum atomic E-state index is 0.0767. The van der Waals surface area contributed by atoms with E-state index in [1.807, 2.05) is 11.3 Å². The third-order valence-corrected chi connectivity index (χ3v) is 13.4. The molecule has 1 heterocycles. The molecular formula is C56H45NS. The number of thiophene rings is 1. The average Bonchev–Trinajstić information content (AvgIpc) is 3.76. The van der Waals surface area contributed by atoms with Gasteiger partial charge in [-0.05, 0) is 127 Å². The van der Waals surface area contributed by atoms with Crippen LogP contribution in [-0.2, 0) is 18.4 Å². The SMILES string of the molecule is C=NCc1cccc2sc3cc(-c4cc5ccccc5c5ccccc45)ccc3c12.CC1(C)c2ccccc2-c2cc(-c3cccc(CC4=CC=CCC4)c3)ccc21. The van der Waals surface area contributed by atoms with Crippen LogP contribution >= 0.6 is 11.3 Å². The van der Waals surface area contributed by atoms with Crippen LogP contribution in [0.5, 0.6) is 0 Å². The number of fused-ring (bicyclic) bond motifs is 9. The molecule has 0 saturated heterocycles. The highest BCUT2D eigenvalue weighted by Crippen LogP contribution is 2.49. The average molecular weight is 764 g/mol. The van der Waals surface area contributed by atoms with Crippen molar-refractivity contribution in [3.63, 3.8) is 0 Å². The number of nitrogens with zero attached hydrogens (tertiary/aromatic N) is 1. The van der Waals surface area contributed by atoms with Crippen molar-refractivity contribution in [2.75, 3.05) is 0 Å². The molecule has 0 spiro atoms. The van der Waals surface area contributed by atoms with Crippen LogP contribution in [0.25, 0.3) is 75.1 Å². The molecule has 0 saturated carbocycles. The van der Waals surface area contributed by atoms with Gasteiger partial charge in [0.25, 0.3) is 0 Å². The summed E-state index contributed by atoms with van der Waals surface area (Å²) in [5, 5.41) is 7.82. The third-order valence-electron chi connectivity index (χ3n) is 12.3. The summed E-state index contributed by atoms with van der Waals surface area (Å²) in [4.78, 5) is 4.13. The molecule has 1 aromatic heterocycles. The van der Waals surface area contributed by atoms with Crippen LogP contribution in [0.4, 0.5) is 0 Å². The van der Waals surface area contributed by atoms with Gasteiger partial charge < -0.3 is 0 Å². The van der Waals surface area contributed by atoms with Crippen molar-refractivity contribution in [2.24, 2.45) is 4.99 Å². The molecule has 2 aliphatic carbocycles. The zero-order chi connectivity index (χ0) is 39.2. The van der Waals surface area contributed by atoms with Gasteiger partial charge in [-0.25, -0.2) is 0 Å². The Balaban J connectivity index is 0.000000141. The molecule has 0 fully saturated rings. The van der Waals surface area contributed by atoms with E-state index in [1.165, 1.54) is 116 Å². The fraction of sp³-hybridized carbons (Fsp3) is 0.125. The first-order chi connectivity index (χ1) is 28.5. The van der Waals surface area contributed by atoms with E-state index in [9.17, 15) is 0 Å². The van der Waals surface area contributed by atoms with E-state index in [0.29, 0.717) is 6.54 Å². The Labute approximate surface area is 345 Å². The predicted octanol–water partition coefficient (Wildman–Crippen LogP) is 15.7. The van der Waals surface area contributed by atoms with E-state index in [2.05, 4.69) is 202 Å². The molecule has 9 aromatic rings. The molecule has 8 aromatic carbocycles. The first kappa shape index (κ1) is 36.0. The van der Waals surface area contributed by atoms with Crippen molar-refractivity contribution in [1.29, 1.82) is 0 Å². The van der Waals surface area contributed by atoms with Crippen LogP contribution in [0.15, 0.2) is 187 Å². The maximum absolute atomic E-state index is 4.13. The maximum atomic E-state index is 4.13. The molecule has 0 amide bonds. The highest BCUT2D eigenvalue weighted by molar-refractivity contribution is 7.25. The molecule has 0 bridgehead atoms. The summed E-state index contributed by atoms with van der Waals surface area (Å²) in [7, 11) is 0. The number of rotatable bonds is 6. The van der Waals surface area contributed by atoms with E-state index in [4.69, 9.17) is 0 Å². The van der Waals surface area contributed by atoms with Crippen LogP contribution < -0.4 is 0 Å². The Kier molecular flexibility index (Phi) is 9.23. The van der Waals surface area contributed by atoms with E-state index < -0.39 is 0 Å². The summed E-state index contributed by atoms with van der Waals surface area (Å²) in [5.74, 6) is 0. The van der Waals surface area contributed by atoms with Crippen molar-refractivity contribution in [3.8, 4) is 33.4 Å². The van der Waals surface area contributed by atoms with Gasteiger partial charge in [0.2, 0.25) is 0 Å². The Hall–Kier alpha value is -6.35. The lowest BCUT2D eigenvalue weighted by Gasteiger charge is -2.21. The first-order valence-corrected chi connectivity index (χ1v) is 21.2. The Morgan fingerprint density at radius 3 is 2.21 bits per heavy atom. The summed E-state index contributed by atoms with van der Waals surface area (Å²) < 4.78 is 2.63. The van der Waals surface area contributed by atoms with E-state index in [1.54, 1.807) is 0 Å². The molecule has 1 nitrogen and oxygen atoms in total. The van der Waals surface area contributed by atoms with Gasteiger partial charge in [-0.15, -0.1) is 11.3 Å². The van der Waals surface area contributed by atoms with Gasteiger partial charge in [0.05, 0.1) is 6.54 Å². The molecule has 0 atom stereocenters. The molecule has 0 radical (unpaired) electrons. The number of allylic oxidation sites excluding steroid dienone is 4. The highest BCUT2D eigenvalue weighted by atomic mass is 32.1. The molecule has 2 heteroatoms. The van der Waals surface area contributed by atoms with E-state index >= 15 is 0 Å². The largest absolute Gasteiger partial charge is 0.296 e. The van der Waals surface area contributed by atoms with Crippen LogP contribution in [-0.4, -0.2) is 6.72 Å². The van der Waals surface area contributed by atoms with Crippen molar-refractivity contribution in [1.82, 2.24) is 0 Å². The molecule has 11 rings (SSSR count). The van der Waals surface area contributed by atoms with E-state index in [0.717, 1.165) is 6.42 Å². The first-order valence-electron chi connectivity index (χ1n) is 20.4. The fourth-order valence-electron chi connectivity index (χ4n) is 9.43. The van der Waals surface area contributed by atoms with Crippen LogP contribution in [0, 0.1) is 0 Å². The molecule has 280 valence electrons. The summed E-state index contributed by atoms with van der Waals surface area (Å²) in [6.07, 6.45) is 10.1. The van der Waals surface area contributed by atoms with Crippen molar-refractivity contribution in [2.45, 2.75) is 45.1 Å². The predicted molar refractivity (Wildman–Crippen MR) is 253 cm³/mol. The number of hydrogen-bond acceptors (Lipinski definition) is 2. The van der Waals surface area contributed by atoms with Gasteiger partial charge >= 0.3 is 0 Å². The molecule has 0 aliphatic heterocycles. The van der Waals surface area contributed by atoms with Gasteiger partial charge in [-0.3, -0.25) is 4.99 Å². The quantitative estimate of drug-likeness (QED) is 0.118. The number of aliphatic imine (C=N–C) groups is 1. The minimum Gasteiger partial charge on any atom is -0.296 e. The smallest absolute Gasteiger partial charge is 0.0639 e. The van der Waals surface area contributed by atoms with Crippen molar-refractivity contribution in [3.05, 3.63) is 204 Å². The summed E-state index contributed by atoms with van der Waals surface area (Å²) in [5.41, 5.74) is 15.1. The lowest BCUT2D eigenvalue weighted by Crippen LogP contribution is -2.14. The molecule has 58 heavy (non-hydrogen) atoms. The molecule has 0 N–H and O–H groups in total. The van der Waals surface area contributed by atoms with Crippen molar-refractivity contribution < 1.29 is 0 Å². The van der Waals surface area contributed by atoms with Gasteiger partial charge in [-0.2, -0.15) is 0 Å².